The summed E-state index contributed by atoms with van der Waals surface area (Å²) in [4.78, 5) is 22.3. The summed E-state index contributed by atoms with van der Waals surface area (Å²) < 4.78 is 5.21. The Labute approximate surface area is 140 Å². The van der Waals surface area contributed by atoms with Crippen molar-refractivity contribution in [3.8, 4) is 11.4 Å². The monoisotopic (exact) mass is 330 g/mol. The van der Waals surface area contributed by atoms with Gasteiger partial charge in [-0.05, 0) is 31.4 Å². The Hall–Kier alpha value is -2.64. The normalized spacial score (nSPS) is 14.5. The molecule has 3 heterocycles. The number of carbonyl (C=O) groups excluding carboxylic acids is 1. The number of hydrogen-bond acceptors (Lipinski definition) is 6. The average Bonchev–Trinajstić information content (AvgIpc) is 3.11. The topological polar surface area (TPSA) is 96.2 Å². The zero-order valence-corrected chi connectivity index (χ0v) is 13.8. The van der Waals surface area contributed by atoms with Crippen LogP contribution in [-0.2, 0) is 6.42 Å². The van der Waals surface area contributed by atoms with E-state index in [2.05, 4.69) is 30.7 Å². The molecule has 8 nitrogen and oxygen atoms in total. The molecule has 1 fully saturated rings. The van der Waals surface area contributed by atoms with Gasteiger partial charge in [0.15, 0.2) is 0 Å². The summed E-state index contributed by atoms with van der Waals surface area (Å²) in [5, 5.41) is 9.14. The van der Waals surface area contributed by atoms with Crippen molar-refractivity contribution in [1.29, 1.82) is 0 Å². The fourth-order valence-electron chi connectivity index (χ4n) is 2.67. The van der Waals surface area contributed by atoms with E-state index < -0.39 is 0 Å². The van der Waals surface area contributed by atoms with Gasteiger partial charge in [0.1, 0.15) is 5.82 Å². The van der Waals surface area contributed by atoms with Crippen molar-refractivity contribution in [2.45, 2.75) is 25.7 Å². The molecule has 0 aromatic carbocycles. The van der Waals surface area contributed by atoms with Gasteiger partial charge in [-0.2, -0.15) is 4.98 Å². The van der Waals surface area contributed by atoms with Crippen LogP contribution in [0.5, 0.6) is 0 Å². The zero-order chi connectivity index (χ0) is 16.8. The van der Waals surface area contributed by atoms with Gasteiger partial charge in [0.2, 0.25) is 11.7 Å². The summed E-state index contributed by atoms with van der Waals surface area (Å²) in [5.41, 5.74) is 0.824. The molecule has 1 aliphatic rings. The van der Waals surface area contributed by atoms with Crippen molar-refractivity contribution in [2.75, 3.05) is 31.6 Å². The third-order valence-corrected chi connectivity index (χ3v) is 4.01. The molecule has 8 heteroatoms. The molecule has 0 saturated carbocycles. The van der Waals surface area contributed by atoms with E-state index in [9.17, 15) is 4.79 Å². The molecule has 0 radical (unpaired) electrons. The molecule has 0 unspecified atom stereocenters. The van der Waals surface area contributed by atoms with Gasteiger partial charge in [-0.3, -0.25) is 0 Å². The number of urea groups is 1. The number of carbonyl (C=O) groups is 1. The van der Waals surface area contributed by atoms with Crippen molar-refractivity contribution >= 4 is 11.8 Å². The minimum absolute atomic E-state index is 0.229. The lowest BCUT2D eigenvalue weighted by Crippen LogP contribution is -2.34. The van der Waals surface area contributed by atoms with Crippen LogP contribution in [0.15, 0.2) is 22.9 Å². The molecule has 2 aromatic rings. The van der Waals surface area contributed by atoms with Crippen molar-refractivity contribution in [3.05, 3.63) is 24.2 Å². The van der Waals surface area contributed by atoms with E-state index in [1.807, 2.05) is 12.1 Å². The van der Waals surface area contributed by atoms with Crippen LogP contribution < -0.4 is 15.5 Å². The largest absolute Gasteiger partial charge is 0.357 e. The zero-order valence-electron chi connectivity index (χ0n) is 13.8. The summed E-state index contributed by atoms with van der Waals surface area (Å²) in [5.74, 6) is 2.00. The number of anilines is 1. The fraction of sp³-hybridized carbons (Fsp3) is 0.500. The van der Waals surface area contributed by atoms with Crippen molar-refractivity contribution in [3.63, 3.8) is 0 Å². The molecular weight excluding hydrogens is 308 g/mol. The van der Waals surface area contributed by atoms with E-state index in [1.165, 1.54) is 19.3 Å². The van der Waals surface area contributed by atoms with Gasteiger partial charge in [0.05, 0.1) is 0 Å². The molecule has 2 aromatic heterocycles. The summed E-state index contributed by atoms with van der Waals surface area (Å²) in [7, 11) is 1.57. The Morgan fingerprint density at radius 2 is 2.12 bits per heavy atom. The first-order valence-electron chi connectivity index (χ1n) is 8.26. The highest BCUT2D eigenvalue weighted by atomic mass is 16.5. The molecule has 3 rings (SSSR count). The standard InChI is InChI=1S/C16H22N6O2/c1-17-16(23)18-8-7-14-20-15(21-24-14)12-5-6-13(19-11-12)22-9-3-2-4-10-22/h5-6,11H,2-4,7-10H2,1H3,(H2,17,18,23). The molecule has 0 atom stereocenters. The van der Waals surface area contributed by atoms with Crippen molar-refractivity contribution in [1.82, 2.24) is 25.8 Å². The van der Waals surface area contributed by atoms with E-state index >= 15 is 0 Å². The summed E-state index contributed by atoms with van der Waals surface area (Å²) in [6, 6.07) is 3.74. The number of pyridine rings is 1. The molecule has 0 bridgehead atoms. The molecule has 24 heavy (non-hydrogen) atoms. The SMILES string of the molecule is CNC(=O)NCCc1nc(-c2ccc(N3CCCCC3)nc2)no1. The maximum atomic E-state index is 11.1. The average molecular weight is 330 g/mol. The highest BCUT2D eigenvalue weighted by Crippen LogP contribution is 2.21. The minimum atomic E-state index is -0.229. The van der Waals surface area contributed by atoms with Crippen LogP contribution in [0.25, 0.3) is 11.4 Å². The van der Waals surface area contributed by atoms with E-state index in [-0.39, 0.29) is 6.03 Å². The number of aromatic nitrogens is 3. The maximum Gasteiger partial charge on any atom is 0.314 e. The number of hydrogen-bond donors (Lipinski definition) is 2. The number of nitrogens with one attached hydrogen (secondary N) is 2. The van der Waals surface area contributed by atoms with Gasteiger partial charge in [-0.15, -0.1) is 0 Å². The Morgan fingerprint density at radius 1 is 1.29 bits per heavy atom. The van der Waals surface area contributed by atoms with Gasteiger partial charge in [-0.1, -0.05) is 5.16 Å². The second-order valence-corrected chi connectivity index (χ2v) is 5.72. The Kier molecular flexibility index (Phi) is 5.25. The lowest BCUT2D eigenvalue weighted by Gasteiger charge is -2.27. The van der Waals surface area contributed by atoms with Crippen LogP contribution in [0.2, 0.25) is 0 Å². The number of amides is 2. The van der Waals surface area contributed by atoms with Gasteiger partial charge in [-0.25, -0.2) is 9.78 Å². The molecule has 0 aliphatic carbocycles. The molecule has 1 aliphatic heterocycles. The van der Waals surface area contributed by atoms with Gasteiger partial charge in [0.25, 0.3) is 0 Å². The summed E-state index contributed by atoms with van der Waals surface area (Å²) in [6.45, 7) is 2.57. The highest BCUT2D eigenvalue weighted by Gasteiger charge is 2.13. The van der Waals surface area contributed by atoms with Crippen LogP contribution in [-0.4, -0.2) is 47.8 Å². The van der Waals surface area contributed by atoms with Crippen molar-refractivity contribution < 1.29 is 9.32 Å². The van der Waals surface area contributed by atoms with Crippen LogP contribution in [0, 0.1) is 0 Å². The molecular formula is C16H22N6O2. The van der Waals surface area contributed by atoms with Gasteiger partial charge < -0.3 is 20.1 Å². The van der Waals surface area contributed by atoms with E-state index in [0.29, 0.717) is 24.7 Å². The van der Waals surface area contributed by atoms with E-state index in [1.54, 1.807) is 13.2 Å². The lowest BCUT2D eigenvalue weighted by molar-refractivity contribution is 0.242. The smallest absolute Gasteiger partial charge is 0.314 e. The second-order valence-electron chi connectivity index (χ2n) is 5.72. The van der Waals surface area contributed by atoms with E-state index in [0.717, 1.165) is 24.5 Å². The predicted molar refractivity (Wildman–Crippen MR) is 89.8 cm³/mol. The fourth-order valence-corrected chi connectivity index (χ4v) is 2.67. The molecule has 1 saturated heterocycles. The highest BCUT2D eigenvalue weighted by molar-refractivity contribution is 5.73. The van der Waals surface area contributed by atoms with Gasteiger partial charge in [0, 0.05) is 44.9 Å². The van der Waals surface area contributed by atoms with Crippen molar-refractivity contribution in [2.24, 2.45) is 0 Å². The number of rotatable bonds is 5. The minimum Gasteiger partial charge on any atom is -0.357 e. The predicted octanol–water partition coefficient (Wildman–Crippen LogP) is 1.59. The Morgan fingerprint density at radius 3 is 2.83 bits per heavy atom. The van der Waals surface area contributed by atoms with Gasteiger partial charge >= 0.3 is 6.03 Å². The van der Waals surface area contributed by atoms with Crippen LogP contribution in [0.1, 0.15) is 25.2 Å². The summed E-state index contributed by atoms with van der Waals surface area (Å²) in [6.07, 6.45) is 6.01. The Bertz CT molecular complexity index is 663. The van der Waals surface area contributed by atoms with Crippen LogP contribution in [0.4, 0.5) is 10.6 Å². The molecule has 128 valence electrons. The summed E-state index contributed by atoms with van der Waals surface area (Å²) >= 11 is 0. The first-order valence-corrected chi connectivity index (χ1v) is 8.26. The van der Waals surface area contributed by atoms with E-state index in [4.69, 9.17) is 4.52 Å². The maximum absolute atomic E-state index is 11.1. The third-order valence-electron chi connectivity index (χ3n) is 4.01. The quantitative estimate of drug-likeness (QED) is 0.864. The lowest BCUT2D eigenvalue weighted by atomic mass is 10.1. The van der Waals surface area contributed by atoms with Crippen LogP contribution >= 0.6 is 0 Å². The number of piperidine rings is 1. The number of nitrogens with zero attached hydrogens (tertiary/aromatic N) is 4. The van der Waals surface area contributed by atoms with Crippen LogP contribution in [0.3, 0.4) is 0 Å². The first kappa shape index (κ1) is 16.2. The second kappa shape index (κ2) is 7.76. The molecule has 2 amide bonds. The molecule has 0 spiro atoms. The first-order chi connectivity index (χ1) is 11.8. The third kappa shape index (κ3) is 4.01. The molecule has 2 N–H and O–H groups in total. The Balaban J connectivity index is 1.59.